The number of aryl methyl sites for hydroxylation is 3. The fraction of sp³-hybridized carbons (Fsp3) is 0.208. The fourth-order valence-electron chi connectivity index (χ4n) is 3.37. The van der Waals surface area contributed by atoms with Gasteiger partial charge in [-0.1, -0.05) is 62.9 Å². The molecule has 0 aliphatic carbocycles. The van der Waals surface area contributed by atoms with Crippen LogP contribution in [0.2, 0.25) is 10.0 Å². The maximum absolute atomic E-state index is 13.5. The molecule has 9 heteroatoms. The summed E-state index contributed by atoms with van der Waals surface area (Å²) in [6.07, 6.45) is 0. The first-order chi connectivity index (χ1) is 15.5. The first-order valence-corrected chi connectivity index (χ1v) is 13.0. The van der Waals surface area contributed by atoms with Gasteiger partial charge in [0.15, 0.2) is 0 Å². The lowest BCUT2D eigenvalue weighted by Crippen LogP contribution is -2.37. The van der Waals surface area contributed by atoms with Gasteiger partial charge < -0.3 is 5.32 Å². The van der Waals surface area contributed by atoms with E-state index in [4.69, 9.17) is 23.2 Å². The highest BCUT2D eigenvalue weighted by molar-refractivity contribution is 9.10. The van der Waals surface area contributed by atoms with Crippen molar-refractivity contribution in [2.75, 3.05) is 11.9 Å². The molecule has 0 saturated heterocycles. The minimum atomic E-state index is -3.98. The van der Waals surface area contributed by atoms with Crippen LogP contribution in [0.1, 0.15) is 22.3 Å². The lowest BCUT2D eigenvalue weighted by molar-refractivity contribution is -0.116. The van der Waals surface area contributed by atoms with Crippen molar-refractivity contribution in [3.63, 3.8) is 0 Å². The van der Waals surface area contributed by atoms with Crippen molar-refractivity contribution >= 4 is 60.7 Å². The van der Waals surface area contributed by atoms with E-state index in [-0.39, 0.29) is 18.0 Å². The zero-order valence-corrected chi connectivity index (χ0v) is 22.2. The van der Waals surface area contributed by atoms with Gasteiger partial charge in [0.25, 0.3) is 0 Å². The third-order valence-corrected chi connectivity index (χ3v) is 7.95. The maximum atomic E-state index is 13.5. The predicted octanol–water partition coefficient (Wildman–Crippen LogP) is 6.51. The van der Waals surface area contributed by atoms with E-state index in [1.165, 1.54) is 12.1 Å². The molecule has 0 aromatic heterocycles. The topological polar surface area (TPSA) is 66.5 Å². The van der Waals surface area contributed by atoms with Gasteiger partial charge in [-0.25, -0.2) is 8.42 Å². The summed E-state index contributed by atoms with van der Waals surface area (Å²) in [4.78, 5) is 13.1. The number of rotatable bonds is 7. The number of anilines is 1. The molecule has 1 amide bonds. The molecule has 0 aliphatic heterocycles. The molecule has 33 heavy (non-hydrogen) atoms. The van der Waals surface area contributed by atoms with Crippen LogP contribution >= 0.6 is 39.1 Å². The van der Waals surface area contributed by atoms with E-state index in [1.807, 2.05) is 32.9 Å². The summed E-state index contributed by atoms with van der Waals surface area (Å²) in [7, 11) is -3.98. The number of benzene rings is 3. The molecule has 0 heterocycles. The summed E-state index contributed by atoms with van der Waals surface area (Å²) in [6, 6.07) is 15.1. The summed E-state index contributed by atoms with van der Waals surface area (Å²) in [5.74, 6) is -0.454. The number of carbonyl (C=O) groups excluding carboxylic acids is 1. The van der Waals surface area contributed by atoms with Crippen LogP contribution in [-0.2, 0) is 21.4 Å². The van der Waals surface area contributed by atoms with Crippen LogP contribution in [0.15, 0.2) is 64.0 Å². The Morgan fingerprint density at radius 2 is 1.58 bits per heavy atom. The van der Waals surface area contributed by atoms with E-state index >= 15 is 0 Å². The van der Waals surface area contributed by atoms with Crippen molar-refractivity contribution in [1.82, 2.24) is 4.31 Å². The molecule has 0 saturated carbocycles. The number of sulfonamides is 1. The summed E-state index contributed by atoms with van der Waals surface area (Å²) in [5, 5.41) is 3.62. The molecule has 0 fully saturated rings. The van der Waals surface area contributed by atoms with Crippen LogP contribution in [-0.4, -0.2) is 25.2 Å². The van der Waals surface area contributed by atoms with Crippen molar-refractivity contribution < 1.29 is 13.2 Å². The Labute approximate surface area is 212 Å². The standard InChI is InChI=1S/C24H23BrCl2N2O3S/c1-15-4-8-21(9-5-15)33(31,32)29(13-18-6-7-20(26)12-22(18)27)14-23(30)28-24-16(2)10-19(25)11-17(24)3/h4-12H,13-14H2,1-3H3,(H,28,30). The molecule has 0 bridgehead atoms. The normalized spacial score (nSPS) is 11.6. The third-order valence-electron chi connectivity index (χ3n) is 5.10. The number of amides is 1. The van der Waals surface area contributed by atoms with Gasteiger partial charge in [0, 0.05) is 26.8 Å². The Bertz CT molecular complexity index is 1270. The van der Waals surface area contributed by atoms with E-state index in [9.17, 15) is 13.2 Å². The van der Waals surface area contributed by atoms with Gasteiger partial charge >= 0.3 is 0 Å². The highest BCUT2D eigenvalue weighted by atomic mass is 79.9. The average molecular weight is 570 g/mol. The van der Waals surface area contributed by atoms with Crippen LogP contribution < -0.4 is 5.32 Å². The van der Waals surface area contributed by atoms with Gasteiger partial charge in [0.1, 0.15) is 0 Å². The zero-order chi connectivity index (χ0) is 24.3. The smallest absolute Gasteiger partial charge is 0.243 e. The zero-order valence-electron chi connectivity index (χ0n) is 18.3. The number of carbonyl (C=O) groups is 1. The Balaban J connectivity index is 1.94. The second-order valence-electron chi connectivity index (χ2n) is 7.78. The van der Waals surface area contributed by atoms with Crippen molar-refractivity contribution in [2.24, 2.45) is 0 Å². The maximum Gasteiger partial charge on any atom is 0.243 e. The second-order valence-corrected chi connectivity index (χ2v) is 11.5. The number of nitrogens with one attached hydrogen (secondary N) is 1. The quantitative estimate of drug-likeness (QED) is 0.352. The van der Waals surface area contributed by atoms with E-state index in [0.29, 0.717) is 21.3 Å². The predicted molar refractivity (Wildman–Crippen MR) is 137 cm³/mol. The molecule has 0 radical (unpaired) electrons. The van der Waals surface area contributed by atoms with Gasteiger partial charge in [-0.05, 0) is 73.9 Å². The highest BCUT2D eigenvalue weighted by Gasteiger charge is 2.28. The molecule has 174 valence electrons. The molecule has 0 unspecified atom stereocenters. The van der Waals surface area contributed by atoms with Gasteiger partial charge in [-0.3, -0.25) is 4.79 Å². The fourth-order valence-corrected chi connectivity index (χ4v) is 5.90. The number of hydrogen-bond acceptors (Lipinski definition) is 3. The van der Waals surface area contributed by atoms with Gasteiger partial charge in [-0.15, -0.1) is 0 Å². The molecule has 0 spiro atoms. The molecular weight excluding hydrogens is 547 g/mol. The van der Waals surface area contributed by atoms with Crippen LogP contribution in [0.5, 0.6) is 0 Å². The van der Waals surface area contributed by atoms with Gasteiger partial charge in [0.05, 0.1) is 11.4 Å². The van der Waals surface area contributed by atoms with E-state index < -0.39 is 15.9 Å². The molecule has 5 nitrogen and oxygen atoms in total. The van der Waals surface area contributed by atoms with Crippen molar-refractivity contribution in [2.45, 2.75) is 32.2 Å². The summed E-state index contributed by atoms with van der Waals surface area (Å²) >= 11 is 15.7. The SMILES string of the molecule is Cc1ccc(S(=O)(=O)N(CC(=O)Nc2c(C)cc(Br)cc2C)Cc2ccc(Cl)cc2Cl)cc1. The number of nitrogens with zero attached hydrogens (tertiary/aromatic N) is 1. The van der Waals surface area contributed by atoms with E-state index in [0.717, 1.165) is 25.5 Å². The lowest BCUT2D eigenvalue weighted by Gasteiger charge is -2.23. The number of hydrogen-bond donors (Lipinski definition) is 1. The second kappa shape index (κ2) is 10.6. The first-order valence-electron chi connectivity index (χ1n) is 10.0. The summed E-state index contributed by atoms with van der Waals surface area (Å²) in [6.45, 7) is 5.16. The monoisotopic (exact) mass is 568 g/mol. The van der Waals surface area contributed by atoms with Crippen molar-refractivity contribution in [3.05, 3.63) is 91.4 Å². The van der Waals surface area contributed by atoms with Crippen LogP contribution in [0.3, 0.4) is 0 Å². The molecule has 3 rings (SSSR count). The molecule has 0 atom stereocenters. The highest BCUT2D eigenvalue weighted by Crippen LogP contribution is 2.27. The van der Waals surface area contributed by atoms with Crippen LogP contribution in [0.25, 0.3) is 0 Å². The largest absolute Gasteiger partial charge is 0.324 e. The van der Waals surface area contributed by atoms with Crippen LogP contribution in [0.4, 0.5) is 5.69 Å². The third kappa shape index (κ3) is 6.37. The number of halogens is 3. The Morgan fingerprint density at radius 1 is 0.970 bits per heavy atom. The minimum absolute atomic E-state index is 0.0854. The first kappa shape index (κ1) is 25.7. The molecule has 1 N–H and O–H groups in total. The van der Waals surface area contributed by atoms with Gasteiger partial charge in [-0.2, -0.15) is 4.31 Å². The molecule has 0 aliphatic rings. The average Bonchev–Trinajstić information content (AvgIpc) is 2.72. The molecular formula is C24H23BrCl2N2O3S. The van der Waals surface area contributed by atoms with E-state index in [1.54, 1.807) is 30.3 Å². The Kier molecular flexibility index (Phi) is 8.24. The molecule has 3 aromatic carbocycles. The Morgan fingerprint density at radius 3 is 2.15 bits per heavy atom. The lowest BCUT2D eigenvalue weighted by atomic mass is 10.1. The molecule has 3 aromatic rings. The minimum Gasteiger partial charge on any atom is -0.324 e. The summed E-state index contributed by atoms with van der Waals surface area (Å²) < 4.78 is 28.9. The van der Waals surface area contributed by atoms with Crippen molar-refractivity contribution in [3.8, 4) is 0 Å². The Hall–Kier alpha value is -1.90. The van der Waals surface area contributed by atoms with E-state index in [2.05, 4.69) is 21.2 Å². The van der Waals surface area contributed by atoms with Crippen molar-refractivity contribution in [1.29, 1.82) is 0 Å². The van der Waals surface area contributed by atoms with Gasteiger partial charge in [0.2, 0.25) is 15.9 Å². The summed E-state index contributed by atoms with van der Waals surface area (Å²) in [5.41, 5.74) is 3.86. The van der Waals surface area contributed by atoms with Crippen LogP contribution in [0, 0.1) is 20.8 Å².